The van der Waals surface area contributed by atoms with Crippen LogP contribution in [-0.2, 0) is 0 Å². The lowest BCUT2D eigenvalue weighted by Crippen LogP contribution is -2.03. The molecule has 1 heterocycles. The van der Waals surface area contributed by atoms with Crippen LogP contribution in [0.5, 0.6) is 11.5 Å². The fraction of sp³-hybridized carbons (Fsp3) is 0. The molecule has 4 rings (SSSR count). The van der Waals surface area contributed by atoms with E-state index in [1.165, 1.54) is 12.3 Å². The van der Waals surface area contributed by atoms with E-state index in [0.717, 1.165) is 11.4 Å². The molecule has 138 valence electrons. The van der Waals surface area contributed by atoms with Gasteiger partial charge >= 0.3 is 0 Å². The van der Waals surface area contributed by atoms with Crippen LogP contribution in [0.1, 0.15) is 0 Å². The van der Waals surface area contributed by atoms with Crippen molar-refractivity contribution in [3.05, 3.63) is 90.9 Å². The van der Waals surface area contributed by atoms with Gasteiger partial charge in [-0.1, -0.05) is 30.3 Å². The summed E-state index contributed by atoms with van der Waals surface area (Å²) in [7, 11) is 0. The molecular weight excluding hydrogens is 357 g/mol. The largest absolute Gasteiger partial charge is 0.457 e. The van der Waals surface area contributed by atoms with Gasteiger partial charge in [-0.3, -0.25) is 0 Å². The van der Waals surface area contributed by atoms with Crippen LogP contribution in [0.4, 0.5) is 27.5 Å². The number of nitrogens with one attached hydrogen (secondary N) is 2. The minimum absolute atomic E-state index is 0.290. The Morgan fingerprint density at radius 2 is 1.46 bits per heavy atom. The van der Waals surface area contributed by atoms with E-state index in [9.17, 15) is 4.39 Å². The average Bonchev–Trinajstić information content (AvgIpc) is 2.72. The Kier molecular flexibility index (Phi) is 5.06. The van der Waals surface area contributed by atoms with E-state index in [1.54, 1.807) is 18.2 Å². The Balaban J connectivity index is 1.43. The van der Waals surface area contributed by atoms with Gasteiger partial charge in [-0.15, -0.1) is 5.10 Å². The molecule has 0 radical (unpaired) electrons. The molecule has 1 aromatic heterocycles. The highest BCUT2D eigenvalue weighted by Gasteiger charge is 2.05. The molecule has 0 atom stereocenters. The summed E-state index contributed by atoms with van der Waals surface area (Å²) < 4.78 is 19.5. The third kappa shape index (κ3) is 4.39. The quantitative estimate of drug-likeness (QED) is 0.478. The van der Waals surface area contributed by atoms with E-state index in [-0.39, 0.29) is 11.8 Å². The standard InChI is InChI=1S/C21H16FN5O/c22-18-8-4-5-9-19(18)25-20-14-23-27-21(26-20)24-15-10-12-17(13-11-15)28-16-6-2-1-3-7-16/h1-14H,(H2,24,25,26,27). The van der Waals surface area contributed by atoms with E-state index >= 15 is 0 Å². The number of nitrogens with zero attached hydrogens (tertiary/aromatic N) is 3. The van der Waals surface area contributed by atoms with Crippen LogP contribution in [0, 0.1) is 5.82 Å². The molecule has 28 heavy (non-hydrogen) atoms. The van der Waals surface area contributed by atoms with E-state index in [1.807, 2.05) is 54.6 Å². The summed E-state index contributed by atoms with van der Waals surface area (Å²) >= 11 is 0. The lowest BCUT2D eigenvalue weighted by Gasteiger charge is -2.09. The van der Waals surface area contributed by atoms with Crippen molar-refractivity contribution in [1.82, 2.24) is 15.2 Å². The topological polar surface area (TPSA) is 72.0 Å². The molecule has 2 N–H and O–H groups in total. The molecule has 6 nitrogen and oxygen atoms in total. The number of para-hydroxylation sites is 2. The number of halogens is 1. The van der Waals surface area contributed by atoms with Gasteiger partial charge in [0.2, 0.25) is 5.95 Å². The van der Waals surface area contributed by atoms with Crippen molar-refractivity contribution in [3.8, 4) is 11.5 Å². The van der Waals surface area contributed by atoms with Crippen molar-refractivity contribution in [2.75, 3.05) is 10.6 Å². The van der Waals surface area contributed by atoms with Gasteiger partial charge in [-0.25, -0.2) is 4.39 Å². The first-order chi connectivity index (χ1) is 13.8. The van der Waals surface area contributed by atoms with Gasteiger partial charge in [0.05, 0.1) is 11.9 Å². The zero-order valence-corrected chi connectivity index (χ0v) is 14.7. The van der Waals surface area contributed by atoms with Crippen LogP contribution in [-0.4, -0.2) is 15.2 Å². The minimum Gasteiger partial charge on any atom is -0.457 e. The number of ether oxygens (including phenoxy) is 1. The maximum absolute atomic E-state index is 13.8. The number of rotatable bonds is 6. The summed E-state index contributed by atoms with van der Waals surface area (Å²) in [5, 5.41) is 13.8. The Morgan fingerprint density at radius 3 is 2.25 bits per heavy atom. The third-order valence-corrected chi connectivity index (χ3v) is 3.78. The van der Waals surface area contributed by atoms with Crippen molar-refractivity contribution in [1.29, 1.82) is 0 Å². The number of benzene rings is 3. The Hall–Kier alpha value is -4.00. The smallest absolute Gasteiger partial charge is 0.249 e. The maximum atomic E-state index is 13.8. The van der Waals surface area contributed by atoms with Crippen molar-refractivity contribution in [2.45, 2.75) is 0 Å². The normalized spacial score (nSPS) is 10.3. The van der Waals surface area contributed by atoms with E-state index < -0.39 is 0 Å². The van der Waals surface area contributed by atoms with E-state index in [2.05, 4.69) is 25.8 Å². The van der Waals surface area contributed by atoms with Crippen molar-refractivity contribution >= 4 is 23.1 Å². The lowest BCUT2D eigenvalue weighted by atomic mass is 10.3. The molecule has 0 amide bonds. The van der Waals surface area contributed by atoms with Crippen LogP contribution < -0.4 is 15.4 Å². The molecule has 0 saturated heterocycles. The average molecular weight is 373 g/mol. The Morgan fingerprint density at radius 1 is 0.750 bits per heavy atom. The molecular formula is C21H16FN5O. The summed E-state index contributed by atoms with van der Waals surface area (Å²) in [6.07, 6.45) is 1.43. The second-order valence-corrected chi connectivity index (χ2v) is 5.83. The summed E-state index contributed by atoms with van der Waals surface area (Å²) in [6.45, 7) is 0. The summed E-state index contributed by atoms with van der Waals surface area (Å²) in [4.78, 5) is 4.30. The zero-order valence-electron chi connectivity index (χ0n) is 14.7. The molecule has 7 heteroatoms. The fourth-order valence-corrected chi connectivity index (χ4v) is 2.48. The highest BCUT2D eigenvalue weighted by Crippen LogP contribution is 2.24. The van der Waals surface area contributed by atoms with Gasteiger partial charge in [0.1, 0.15) is 17.3 Å². The van der Waals surface area contributed by atoms with Crippen LogP contribution in [0.2, 0.25) is 0 Å². The summed E-state index contributed by atoms with van der Waals surface area (Å²) in [5.74, 6) is 1.78. The second-order valence-electron chi connectivity index (χ2n) is 5.83. The number of hydrogen-bond acceptors (Lipinski definition) is 6. The van der Waals surface area contributed by atoms with Crippen LogP contribution in [0.3, 0.4) is 0 Å². The molecule has 0 aliphatic carbocycles. The van der Waals surface area contributed by atoms with Gasteiger partial charge in [-0.2, -0.15) is 10.1 Å². The monoisotopic (exact) mass is 373 g/mol. The number of hydrogen-bond donors (Lipinski definition) is 2. The van der Waals surface area contributed by atoms with Crippen molar-refractivity contribution in [2.24, 2.45) is 0 Å². The molecule has 0 aliphatic rings. The lowest BCUT2D eigenvalue weighted by molar-refractivity contribution is 0.483. The van der Waals surface area contributed by atoms with Crippen LogP contribution >= 0.6 is 0 Å². The predicted molar refractivity (Wildman–Crippen MR) is 106 cm³/mol. The fourth-order valence-electron chi connectivity index (χ4n) is 2.48. The first-order valence-electron chi connectivity index (χ1n) is 8.57. The van der Waals surface area contributed by atoms with Gasteiger partial charge < -0.3 is 15.4 Å². The molecule has 4 aromatic rings. The molecule has 0 spiro atoms. The molecule has 0 fully saturated rings. The molecule has 0 unspecified atom stereocenters. The van der Waals surface area contributed by atoms with Gasteiger partial charge in [-0.05, 0) is 48.5 Å². The third-order valence-electron chi connectivity index (χ3n) is 3.78. The number of anilines is 4. The van der Waals surface area contributed by atoms with E-state index in [0.29, 0.717) is 17.3 Å². The zero-order chi connectivity index (χ0) is 19.2. The van der Waals surface area contributed by atoms with E-state index in [4.69, 9.17) is 4.74 Å². The summed E-state index contributed by atoms with van der Waals surface area (Å²) in [5.41, 5.74) is 1.08. The predicted octanol–water partition coefficient (Wildman–Crippen LogP) is 5.29. The molecule has 0 aliphatic heterocycles. The van der Waals surface area contributed by atoms with Gasteiger partial charge in [0.25, 0.3) is 0 Å². The first-order valence-corrected chi connectivity index (χ1v) is 8.57. The second kappa shape index (κ2) is 8.13. The summed E-state index contributed by atoms with van der Waals surface area (Å²) in [6, 6.07) is 23.3. The number of aromatic nitrogens is 3. The highest BCUT2D eigenvalue weighted by atomic mass is 19.1. The highest BCUT2D eigenvalue weighted by molar-refractivity contribution is 5.59. The molecule has 3 aromatic carbocycles. The molecule has 0 bridgehead atoms. The van der Waals surface area contributed by atoms with Gasteiger partial charge in [0.15, 0.2) is 5.82 Å². The van der Waals surface area contributed by atoms with Crippen LogP contribution in [0.25, 0.3) is 0 Å². The maximum Gasteiger partial charge on any atom is 0.249 e. The molecule has 0 saturated carbocycles. The van der Waals surface area contributed by atoms with Crippen molar-refractivity contribution in [3.63, 3.8) is 0 Å². The van der Waals surface area contributed by atoms with Crippen LogP contribution in [0.15, 0.2) is 85.1 Å². The van der Waals surface area contributed by atoms with Gasteiger partial charge in [0, 0.05) is 5.69 Å². The SMILES string of the molecule is Fc1ccccc1Nc1cnnc(Nc2ccc(Oc3ccccc3)cc2)n1. The Labute approximate surface area is 161 Å². The minimum atomic E-state index is -0.371. The van der Waals surface area contributed by atoms with Crippen molar-refractivity contribution < 1.29 is 9.13 Å². The first kappa shape index (κ1) is 17.4. The Bertz CT molecular complexity index is 1060.